The van der Waals surface area contributed by atoms with Gasteiger partial charge in [-0.25, -0.2) is 8.78 Å². The van der Waals surface area contributed by atoms with Crippen molar-refractivity contribution in [2.75, 3.05) is 5.32 Å². The first-order valence-electron chi connectivity index (χ1n) is 6.43. The second-order valence-corrected chi connectivity index (χ2v) is 4.74. The number of aryl methyl sites for hydroxylation is 1. The third kappa shape index (κ3) is 3.10. The molecule has 2 amide bonds. The minimum Gasteiger partial charge on any atom is -0.444 e. The van der Waals surface area contributed by atoms with Crippen LogP contribution < -0.4 is 11.1 Å². The maximum absolute atomic E-state index is 13.6. The van der Waals surface area contributed by atoms with E-state index in [9.17, 15) is 23.2 Å². The van der Waals surface area contributed by atoms with E-state index in [4.69, 9.17) is 10.2 Å². The van der Waals surface area contributed by atoms with Crippen molar-refractivity contribution in [3.05, 3.63) is 52.3 Å². The molecule has 0 aliphatic carbocycles. The number of amides is 2. The summed E-state index contributed by atoms with van der Waals surface area (Å²) in [5, 5.41) is 2.13. The smallest absolute Gasteiger partial charge is 0.261 e. The number of anilines is 1. The van der Waals surface area contributed by atoms with E-state index in [1.165, 1.54) is 13.8 Å². The van der Waals surface area contributed by atoms with Crippen LogP contribution in [0, 0.1) is 18.6 Å². The fraction of sp³-hybridized carbons (Fsp3) is 0.133. The average molecular weight is 322 g/mol. The Morgan fingerprint density at radius 1 is 1.17 bits per heavy atom. The Kier molecular flexibility index (Phi) is 4.26. The summed E-state index contributed by atoms with van der Waals surface area (Å²) in [4.78, 5) is 35.1. The van der Waals surface area contributed by atoms with Gasteiger partial charge in [-0.1, -0.05) is 0 Å². The van der Waals surface area contributed by atoms with E-state index in [0.29, 0.717) is 6.07 Å². The van der Waals surface area contributed by atoms with Crippen molar-refractivity contribution < 1.29 is 27.6 Å². The molecule has 0 radical (unpaired) electrons. The van der Waals surface area contributed by atoms with E-state index in [-0.39, 0.29) is 16.9 Å². The number of rotatable bonds is 4. The fourth-order valence-corrected chi connectivity index (χ4v) is 2.13. The molecule has 1 heterocycles. The van der Waals surface area contributed by atoms with Crippen molar-refractivity contribution in [1.82, 2.24) is 0 Å². The minimum absolute atomic E-state index is 0.0707. The van der Waals surface area contributed by atoms with Crippen LogP contribution in [0.15, 0.2) is 22.6 Å². The number of ketones is 1. The highest BCUT2D eigenvalue weighted by atomic mass is 19.1. The second kappa shape index (κ2) is 5.99. The number of nitrogens with one attached hydrogen (secondary N) is 1. The maximum Gasteiger partial charge on any atom is 0.261 e. The SMILES string of the molecule is CC(=O)c1c(C)oc(NC(=O)c2cc(F)ccc2F)c1C(N)=O. The summed E-state index contributed by atoms with van der Waals surface area (Å²) in [5.74, 6) is -4.63. The quantitative estimate of drug-likeness (QED) is 0.844. The van der Waals surface area contributed by atoms with E-state index < -0.39 is 40.7 Å². The number of nitrogens with two attached hydrogens (primary N) is 1. The molecule has 1 aromatic carbocycles. The van der Waals surface area contributed by atoms with Gasteiger partial charge in [-0.3, -0.25) is 19.7 Å². The molecule has 2 rings (SSSR count). The van der Waals surface area contributed by atoms with Gasteiger partial charge in [0.25, 0.3) is 11.8 Å². The van der Waals surface area contributed by atoms with Gasteiger partial charge in [0.15, 0.2) is 5.78 Å². The van der Waals surface area contributed by atoms with Crippen LogP contribution in [0.25, 0.3) is 0 Å². The number of Topliss-reactive ketones (excluding diaryl/α,β-unsaturated/α-hetero) is 1. The highest BCUT2D eigenvalue weighted by molar-refractivity contribution is 6.13. The Labute approximate surface area is 129 Å². The molecule has 0 bridgehead atoms. The zero-order chi connectivity index (χ0) is 17.3. The van der Waals surface area contributed by atoms with Crippen LogP contribution in [0.2, 0.25) is 0 Å². The van der Waals surface area contributed by atoms with Crippen molar-refractivity contribution in [2.45, 2.75) is 13.8 Å². The number of furan rings is 1. The standard InChI is InChI=1S/C15H12F2N2O4/c1-6(20)11-7(2)23-15(12(11)13(18)21)19-14(22)9-5-8(16)3-4-10(9)17/h3-5H,1-2H3,(H2,18,21)(H,19,22). The average Bonchev–Trinajstić information content (AvgIpc) is 2.77. The molecule has 0 aliphatic heterocycles. The third-order valence-corrected chi connectivity index (χ3v) is 3.08. The highest BCUT2D eigenvalue weighted by Gasteiger charge is 2.27. The molecule has 120 valence electrons. The Bertz CT molecular complexity index is 827. The van der Waals surface area contributed by atoms with Gasteiger partial charge in [0.1, 0.15) is 23.0 Å². The zero-order valence-corrected chi connectivity index (χ0v) is 12.2. The number of benzene rings is 1. The number of hydrogen-bond acceptors (Lipinski definition) is 4. The zero-order valence-electron chi connectivity index (χ0n) is 12.2. The van der Waals surface area contributed by atoms with Crippen molar-refractivity contribution in [2.24, 2.45) is 5.73 Å². The predicted octanol–water partition coefficient (Wildman–Crippen LogP) is 2.42. The van der Waals surface area contributed by atoms with E-state index >= 15 is 0 Å². The molecule has 1 aromatic heterocycles. The van der Waals surface area contributed by atoms with Gasteiger partial charge in [-0.2, -0.15) is 0 Å². The summed E-state index contributed by atoms with van der Waals surface area (Å²) in [5.41, 5.74) is 4.22. The van der Waals surface area contributed by atoms with Gasteiger partial charge in [-0.15, -0.1) is 0 Å². The summed E-state index contributed by atoms with van der Waals surface area (Å²) < 4.78 is 31.9. The number of carbonyl (C=O) groups is 3. The predicted molar refractivity (Wildman–Crippen MR) is 76.3 cm³/mol. The summed E-state index contributed by atoms with van der Waals surface area (Å²) >= 11 is 0. The molecule has 0 spiro atoms. The first-order valence-corrected chi connectivity index (χ1v) is 6.43. The van der Waals surface area contributed by atoms with E-state index in [1.807, 2.05) is 0 Å². The summed E-state index contributed by atoms with van der Waals surface area (Å²) in [6, 6.07) is 2.33. The largest absolute Gasteiger partial charge is 0.444 e. The van der Waals surface area contributed by atoms with E-state index in [2.05, 4.69) is 5.32 Å². The Morgan fingerprint density at radius 3 is 2.39 bits per heavy atom. The molecule has 0 atom stereocenters. The van der Waals surface area contributed by atoms with Crippen LogP contribution >= 0.6 is 0 Å². The minimum atomic E-state index is -1.05. The second-order valence-electron chi connectivity index (χ2n) is 4.74. The Balaban J connectivity index is 2.46. The lowest BCUT2D eigenvalue weighted by Crippen LogP contribution is -2.19. The normalized spacial score (nSPS) is 10.4. The first-order chi connectivity index (χ1) is 10.7. The van der Waals surface area contributed by atoms with Crippen LogP contribution in [0.5, 0.6) is 0 Å². The molecule has 0 aliphatic rings. The maximum atomic E-state index is 13.6. The highest BCUT2D eigenvalue weighted by Crippen LogP contribution is 2.28. The van der Waals surface area contributed by atoms with Gasteiger partial charge >= 0.3 is 0 Å². The molecule has 2 aromatic rings. The molecule has 0 unspecified atom stereocenters. The third-order valence-electron chi connectivity index (χ3n) is 3.08. The molecule has 0 saturated heterocycles. The van der Waals surface area contributed by atoms with Crippen molar-refractivity contribution >= 4 is 23.5 Å². The van der Waals surface area contributed by atoms with Crippen LogP contribution in [-0.4, -0.2) is 17.6 Å². The number of carbonyl (C=O) groups excluding carboxylic acids is 3. The van der Waals surface area contributed by atoms with Gasteiger partial charge in [0, 0.05) is 0 Å². The summed E-state index contributed by atoms with van der Waals surface area (Å²) in [6.45, 7) is 2.60. The molecule has 8 heteroatoms. The Hall–Kier alpha value is -3.03. The molecule has 0 saturated carbocycles. The van der Waals surface area contributed by atoms with Crippen LogP contribution in [0.3, 0.4) is 0 Å². The van der Waals surface area contributed by atoms with Crippen LogP contribution in [0.1, 0.15) is 43.8 Å². The van der Waals surface area contributed by atoms with Gasteiger partial charge < -0.3 is 10.2 Å². The van der Waals surface area contributed by atoms with Crippen LogP contribution in [0.4, 0.5) is 14.7 Å². The lowest BCUT2D eigenvalue weighted by Gasteiger charge is -2.05. The molecular formula is C15H12F2N2O4. The van der Waals surface area contributed by atoms with Crippen molar-refractivity contribution in [3.8, 4) is 0 Å². The first kappa shape index (κ1) is 16.3. The topological polar surface area (TPSA) is 102 Å². The van der Waals surface area contributed by atoms with Crippen LogP contribution in [-0.2, 0) is 0 Å². The summed E-state index contributed by atoms with van der Waals surface area (Å²) in [7, 11) is 0. The Morgan fingerprint density at radius 2 is 1.83 bits per heavy atom. The summed E-state index contributed by atoms with van der Waals surface area (Å²) in [6.07, 6.45) is 0. The lowest BCUT2D eigenvalue weighted by atomic mass is 10.1. The molecule has 0 fully saturated rings. The number of primary amides is 1. The van der Waals surface area contributed by atoms with E-state index in [1.54, 1.807) is 0 Å². The molecule has 23 heavy (non-hydrogen) atoms. The van der Waals surface area contributed by atoms with Gasteiger partial charge in [0.2, 0.25) is 5.88 Å². The number of hydrogen-bond donors (Lipinski definition) is 2. The van der Waals surface area contributed by atoms with E-state index in [0.717, 1.165) is 12.1 Å². The lowest BCUT2D eigenvalue weighted by molar-refractivity contribution is 0.0974. The van der Waals surface area contributed by atoms with Gasteiger partial charge in [0.05, 0.1) is 11.1 Å². The monoisotopic (exact) mass is 322 g/mol. The molecule has 6 nitrogen and oxygen atoms in total. The molecule has 3 N–H and O–H groups in total. The number of halogens is 2. The van der Waals surface area contributed by atoms with Gasteiger partial charge in [-0.05, 0) is 32.0 Å². The molecular weight excluding hydrogens is 310 g/mol. The van der Waals surface area contributed by atoms with Crippen molar-refractivity contribution in [1.29, 1.82) is 0 Å². The fourth-order valence-electron chi connectivity index (χ4n) is 2.13. The van der Waals surface area contributed by atoms with Crippen molar-refractivity contribution in [3.63, 3.8) is 0 Å².